The van der Waals surface area contributed by atoms with Gasteiger partial charge in [0, 0.05) is 19.1 Å². The maximum Gasteiger partial charge on any atom is 0.262 e. The number of hydrogen-bond donors (Lipinski definition) is 3. The van der Waals surface area contributed by atoms with Crippen molar-refractivity contribution in [3.63, 3.8) is 0 Å². The monoisotopic (exact) mass is 529 g/mol. The molecule has 3 rings (SSSR count). The van der Waals surface area contributed by atoms with Gasteiger partial charge in [0.2, 0.25) is 19.2 Å². The lowest BCUT2D eigenvalue weighted by Gasteiger charge is -2.26. The molecule has 2 unspecified atom stereocenters. The number of fused-ring (bicyclic) bond motifs is 3. The van der Waals surface area contributed by atoms with Crippen LogP contribution in [0.3, 0.4) is 0 Å². The molecule has 0 spiro atoms. The van der Waals surface area contributed by atoms with Crippen LogP contribution < -0.4 is 10.6 Å². The molecule has 0 bridgehead atoms. The summed E-state index contributed by atoms with van der Waals surface area (Å²) in [5, 5.41) is 6.68. The highest BCUT2D eigenvalue weighted by Gasteiger charge is 2.42. The molecule has 1 aliphatic heterocycles. The molecule has 37 heavy (non-hydrogen) atoms. The smallest absolute Gasteiger partial charge is 0.262 e. The highest BCUT2D eigenvalue weighted by Crippen LogP contribution is 2.46. The molecule has 4 amide bonds. The molecule has 10 heteroatoms. The third kappa shape index (κ3) is 6.65. The second-order valence-electron chi connectivity index (χ2n) is 10.5. The molecular formula is C27H36N3O6P. The third-order valence-corrected chi connectivity index (χ3v) is 8.18. The average molecular weight is 530 g/mol. The Balaban J connectivity index is 1.80. The van der Waals surface area contributed by atoms with E-state index in [1.165, 1.54) is 7.05 Å². The average Bonchev–Trinajstić information content (AvgIpc) is 3.06. The third-order valence-electron chi connectivity index (χ3n) is 6.44. The van der Waals surface area contributed by atoms with Gasteiger partial charge in [-0.15, -0.1) is 0 Å². The van der Waals surface area contributed by atoms with Crippen LogP contribution in [0.15, 0.2) is 36.4 Å². The Hall–Kier alpha value is -3.03. The number of imide groups is 1. The van der Waals surface area contributed by atoms with Gasteiger partial charge in [-0.25, -0.2) is 0 Å². The highest BCUT2D eigenvalue weighted by atomic mass is 31.2. The van der Waals surface area contributed by atoms with Crippen LogP contribution in [-0.4, -0.2) is 59.0 Å². The van der Waals surface area contributed by atoms with E-state index in [1.54, 1.807) is 24.3 Å². The van der Waals surface area contributed by atoms with Gasteiger partial charge in [0.15, 0.2) is 0 Å². The standard InChI is InChI=1S/C27H36N3O6P/c1-16(2)12-19(24(31)29-22(13-17(3)4)25(32)28-5)14-37(35,36)15-30-26(33)21-11-10-18-8-6-7-9-20(18)23(21)27(30)34/h6-11,16-17,19,22H,12-15H2,1-5H3,(H,28,32)(H,29,31)(H,35,36)/t19?,22-/m0/s1. The first-order chi connectivity index (χ1) is 17.3. The lowest BCUT2D eigenvalue weighted by Crippen LogP contribution is -2.49. The van der Waals surface area contributed by atoms with Crippen LogP contribution in [-0.2, 0) is 14.2 Å². The van der Waals surface area contributed by atoms with E-state index in [0.717, 1.165) is 10.3 Å². The molecule has 0 saturated carbocycles. The zero-order chi connectivity index (χ0) is 27.5. The summed E-state index contributed by atoms with van der Waals surface area (Å²) < 4.78 is 13.4. The molecule has 0 fully saturated rings. The molecule has 9 nitrogen and oxygen atoms in total. The van der Waals surface area contributed by atoms with Gasteiger partial charge in [-0.3, -0.25) is 28.6 Å². The largest absolute Gasteiger partial charge is 0.357 e. The van der Waals surface area contributed by atoms with Gasteiger partial charge in [-0.2, -0.15) is 0 Å². The topological polar surface area (TPSA) is 133 Å². The Morgan fingerprint density at radius 3 is 2.22 bits per heavy atom. The predicted molar refractivity (Wildman–Crippen MR) is 142 cm³/mol. The highest BCUT2D eigenvalue weighted by molar-refractivity contribution is 7.58. The van der Waals surface area contributed by atoms with E-state index in [0.29, 0.717) is 18.2 Å². The zero-order valence-corrected chi connectivity index (χ0v) is 22.9. The molecule has 0 saturated heterocycles. The van der Waals surface area contributed by atoms with E-state index in [9.17, 15) is 28.6 Å². The van der Waals surface area contributed by atoms with E-state index in [2.05, 4.69) is 10.6 Å². The van der Waals surface area contributed by atoms with Crippen LogP contribution in [0.1, 0.15) is 61.3 Å². The number of benzene rings is 2. The van der Waals surface area contributed by atoms with Crippen molar-refractivity contribution < 1.29 is 28.6 Å². The van der Waals surface area contributed by atoms with Crippen LogP contribution in [0.4, 0.5) is 0 Å². The van der Waals surface area contributed by atoms with E-state index in [-0.39, 0.29) is 28.9 Å². The van der Waals surface area contributed by atoms with Crippen LogP contribution in [0, 0.1) is 17.8 Å². The molecule has 0 aliphatic carbocycles. The Kier molecular flexibility index (Phi) is 8.92. The molecule has 1 aliphatic rings. The number of nitrogens with one attached hydrogen (secondary N) is 2. The van der Waals surface area contributed by atoms with Crippen LogP contribution in [0.25, 0.3) is 10.8 Å². The Morgan fingerprint density at radius 1 is 0.946 bits per heavy atom. The number of amides is 4. The first-order valence-corrected chi connectivity index (χ1v) is 14.6. The molecule has 2 aromatic carbocycles. The van der Waals surface area contributed by atoms with Crippen molar-refractivity contribution in [3.8, 4) is 0 Å². The van der Waals surface area contributed by atoms with Crippen molar-refractivity contribution in [2.75, 3.05) is 19.5 Å². The second kappa shape index (κ2) is 11.6. The number of likely N-dealkylation sites (N-methyl/N-ethyl adjacent to an activating group) is 1. The minimum atomic E-state index is -4.15. The summed E-state index contributed by atoms with van der Waals surface area (Å²) in [5.41, 5.74) is 0.420. The van der Waals surface area contributed by atoms with Crippen LogP contribution in [0.5, 0.6) is 0 Å². The molecule has 0 aromatic heterocycles. The maximum absolute atomic E-state index is 13.4. The lowest BCUT2D eigenvalue weighted by molar-refractivity contribution is -0.131. The molecule has 0 radical (unpaired) electrons. The van der Waals surface area contributed by atoms with Gasteiger partial charge in [-0.05, 0) is 41.5 Å². The first-order valence-electron chi connectivity index (χ1n) is 12.5. The SMILES string of the molecule is CNC(=O)[C@H](CC(C)C)NC(=O)C(CC(C)C)CP(=O)(O)CN1C(=O)c2ccc3ccccc3c2C1=O. The molecule has 3 N–H and O–H groups in total. The minimum Gasteiger partial charge on any atom is -0.357 e. The summed E-state index contributed by atoms with van der Waals surface area (Å²) in [7, 11) is -2.66. The summed E-state index contributed by atoms with van der Waals surface area (Å²) in [6, 6.07) is 9.69. The summed E-state index contributed by atoms with van der Waals surface area (Å²) in [4.78, 5) is 63.5. The Bertz CT molecular complexity index is 1260. The molecular weight excluding hydrogens is 493 g/mol. The van der Waals surface area contributed by atoms with E-state index in [4.69, 9.17) is 0 Å². The molecule has 2 aromatic rings. The van der Waals surface area contributed by atoms with Crippen molar-refractivity contribution >= 4 is 41.8 Å². The molecule has 3 atom stereocenters. The number of carbonyl (C=O) groups excluding carboxylic acids is 4. The number of rotatable bonds is 11. The lowest BCUT2D eigenvalue weighted by atomic mass is 9.96. The Morgan fingerprint density at radius 2 is 1.59 bits per heavy atom. The number of nitrogens with zero attached hydrogens (tertiary/aromatic N) is 1. The van der Waals surface area contributed by atoms with Crippen molar-refractivity contribution in [1.29, 1.82) is 0 Å². The van der Waals surface area contributed by atoms with Gasteiger partial charge in [0.05, 0.1) is 11.1 Å². The first kappa shape index (κ1) is 28.5. The molecule has 200 valence electrons. The summed E-state index contributed by atoms with van der Waals surface area (Å²) >= 11 is 0. The van der Waals surface area contributed by atoms with Gasteiger partial charge in [-0.1, -0.05) is 58.0 Å². The van der Waals surface area contributed by atoms with Gasteiger partial charge < -0.3 is 15.5 Å². The van der Waals surface area contributed by atoms with Crippen LogP contribution >= 0.6 is 7.37 Å². The van der Waals surface area contributed by atoms with Gasteiger partial charge in [0.1, 0.15) is 12.3 Å². The fourth-order valence-corrected chi connectivity index (χ4v) is 6.62. The van der Waals surface area contributed by atoms with E-state index < -0.39 is 49.5 Å². The normalized spacial score (nSPS) is 16.6. The second-order valence-corrected chi connectivity index (χ2v) is 12.9. The maximum atomic E-state index is 13.4. The minimum absolute atomic E-state index is 0.0324. The summed E-state index contributed by atoms with van der Waals surface area (Å²) in [6.07, 6.45) is -0.362. The summed E-state index contributed by atoms with van der Waals surface area (Å²) in [6.45, 7) is 7.65. The molecule has 1 heterocycles. The fourth-order valence-electron chi connectivity index (χ4n) is 4.80. The van der Waals surface area contributed by atoms with Crippen molar-refractivity contribution in [2.24, 2.45) is 17.8 Å². The fraction of sp³-hybridized carbons (Fsp3) is 0.481. The zero-order valence-electron chi connectivity index (χ0n) is 22.0. The number of hydrogen-bond acceptors (Lipinski definition) is 5. The quantitative estimate of drug-likeness (QED) is 0.301. The van der Waals surface area contributed by atoms with Gasteiger partial charge in [0.25, 0.3) is 11.8 Å². The summed E-state index contributed by atoms with van der Waals surface area (Å²) in [5.74, 6) is -2.77. The van der Waals surface area contributed by atoms with Crippen LogP contribution in [0.2, 0.25) is 0 Å². The van der Waals surface area contributed by atoms with Crippen molar-refractivity contribution in [1.82, 2.24) is 15.5 Å². The van der Waals surface area contributed by atoms with Crippen molar-refractivity contribution in [2.45, 2.75) is 46.6 Å². The predicted octanol–water partition coefficient (Wildman–Crippen LogP) is 3.60. The Labute approximate surface area is 217 Å². The van der Waals surface area contributed by atoms with E-state index >= 15 is 0 Å². The van der Waals surface area contributed by atoms with Gasteiger partial charge >= 0.3 is 0 Å². The van der Waals surface area contributed by atoms with E-state index in [1.807, 2.05) is 39.8 Å². The number of carbonyl (C=O) groups is 4. The van der Waals surface area contributed by atoms with Crippen molar-refractivity contribution in [3.05, 3.63) is 47.5 Å².